The van der Waals surface area contributed by atoms with Gasteiger partial charge in [0.2, 0.25) is 5.91 Å². The first-order valence-corrected chi connectivity index (χ1v) is 9.19. The molecule has 9 heteroatoms. The molecule has 2 atom stereocenters. The summed E-state index contributed by atoms with van der Waals surface area (Å²) in [5.41, 5.74) is 0.944. The van der Waals surface area contributed by atoms with Crippen LogP contribution in [0.15, 0.2) is 16.9 Å². The predicted octanol–water partition coefficient (Wildman–Crippen LogP) is 2.71. The van der Waals surface area contributed by atoms with Gasteiger partial charge >= 0.3 is 0 Å². The molecule has 1 amide bonds. The molecule has 1 aliphatic carbocycles. The Labute approximate surface area is 151 Å². The summed E-state index contributed by atoms with van der Waals surface area (Å²) in [6, 6.07) is 3.15. The Morgan fingerprint density at radius 3 is 2.84 bits per heavy atom. The number of hydrogen-bond acceptors (Lipinski definition) is 4. The first-order chi connectivity index (χ1) is 11.8. The molecule has 1 fully saturated rings. The first kappa shape index (κ1) is 16.5. The first-order valence-electron chi connectivity index (χ1n) is 8.00. The topological polar surface area (TPSA) is 68.4 Å². The SMILES string of the molecule is CC(C)c1nn(CC(=O)N[C@@H]2C[C@@H]2F)c(=O)c2cc3sc(Cl)cc3n12. The number of carbonyl (C=O) groups excluding carboxylic acids is 1. The number of fused-ring (bicyclic) bond motifs is 3. The van der Waals surface area contributed by atoms with Crippen LogP contribution >= 0.6 is 22.9 Å². The maximum atomic E-state index is 12.9. The van der Waals surface area contributed by atoms with Crippen LogP contribution in [0.3, 0.4) is 0 Å². The Bertz CT molecular complexity index is 1050. The van der Waals surface area contributed by atoms with E-state index >= 15 is 0 Å². The van der Waals surface area contributed by atoms with E-state index in [2.05, 4.69) is 10.4 Å². The van der Waals surface area contributed by atoms with E-state index in [-0.39, 0.29) is 18.0 Å². The summed E-state index contributed by atoms with van der Waals surface area (Å²) in [5.74, 6) is 0.294. The number of alkyl halides is 1. The summed E-state index contributed by atoms with van der Waals surface area (Å²) in [7, 11) is 0. The van der Waals surface area contributed by atoms with E-state index in [4.69, 9.17) is 11.6 Å². The van der Waals surface area contributed by atoms with E-state index in [1.165, 1.54) is 11.3 Å². The zero-order chi connectivity index (χ0) is 17.9. The quantitative estimate of drug-likeness (QED) is 0.754. The lowest BCUT2D eigenvalue weighted by Crippen LogP contribution is -2.36. The molecule has 3 aromatic rings. The second-order valence-electron chi connectivity index (χ2n) is 6.57. The second kappa shape index (κ2) is 5.81. The van der Waals surface area contributed by atoms with Crippen molar-refractivity contribution >= 4 is 44.6 Å². The summed E-state index contributed by atoms with van der Waals surface area (Å²) >= 11 is 7.47. The van der Waals surface area contributed by atoms with E-state index in [1.807, 2.05) is 19.9 Å². The predicted molar refractivity (Wildman–Crippen MR) is 95.4 cm³/mol. The van der Waals surface area contributed by atoms with Gasteiger partial charge in [-0.2, -0.15) is 5.10 Å². The van der Waals surface area contributed by atoms with Gasteiger partial charge in [-0.25, -0.2) is 9.07 Å². The van der Waals surface area contributed by atoms with Crippen molar-refractivity contribution in [2.24, 2.45) is 0 Å². The van der Waals surface area contributed by atoms with Gasteiger partial charge in [0, 0.05) is 12.3 Å². The fraction of sp³-hybridized carbons (Fsp3) is 0.438. The second-order valence-corrected chi connectivity index (χ2v) is 8.28. The van der Waals surface area contributed by atoms with Gasteiger partial charge in [0.1, 0.15) is 24.1 Å². The monoisotopic (exact) mass is 382 g/mol. The Morgan fingerprint density at radius 1 is 1.48 bits per heavy atom. The Kier molecular flexibility index (Phi) is 3.84. The fourth-order valence-corrected chi connectivity index (χ4v) is 4.05. The highest BCUT2D eigenvalue weighted by atomic mass is 35.5. The molecule has 0 radical (unpaired) electrons. The molecule has 3 aromatic heterocycles. The van der Waals surface area contributed by atoms with Crippen molar-refractivity contribution in [1.29, 1.82) is 0 Å². The molecule has 1 N–H and O–H groups in total. The minimum Gasteiger partial charge on any atom is -0.349 e. The highest BCUT2D eigenvalue weighted by Gasteiger charge is 2.38. The lowest BCUT2D eigenvalue weighted by Gasteiger charge is -2.13. The van der Waals surface area contributed by atoms with Gasteiger partial charge in [-0.3, -0.25) is 14.0 Å². The summed E-state index contributed by atoms with van der Waals surface area (Å²) in [6.45, 7) is 3.71. The molecule has 3 heterocycles. The molecule has 0 saturated heterocycles. The Hall–Kier alpha value is -1.93. The molecule has 0 bridgehead atoms. The lowest BCUT2D eigenvalue weighted by atomic mass is 10.2. The van der Waals surface area contributed by atoms with Gasteiger partial charge < -0.3 is 5.32 Å². The zero-order valence-electron chi connectivity index (χ0n) is 13.6. The summed E-state index contributed by atoms with van der Waals surface area (Å²) in [6.07, 6.45) is -0.649. The van der Waals surface area contributed by atoms with Crippen LogP contribution in [-0.4, -0.2) is 32.3 Å². The van der Waals surface area contributed by atoms with Gasteiger partial charge in [0.25, 0.3) is 5.56 Å². The van der Waals surface area contributed by atoms with Gasteiger partial charge in [0.15, 0.2) is 0 Å². The van der Waals surface area contributed by atoms with Crippen molar-refractivity contribution < 1.29 is 9.18 Å². The van der Waals surface area contributed by atoms with Crippen molar-refractivity contribution in [1.82, 2.24) is 19.5 Å². The number of rotatable bonds is 4. The van der Waals surface area contributed by atoms with Crippen molar-refractivity contribution in [2.45, 2.75) is 44.9 Å². The molecular formula is C16H16ClFN4O2S. The highest BCUT2D eigenvalue weighted by molar-refractivity contribution is 7.22. The zero-order valence-corrected chi connectivity index (χ0v) is 15.2. The standard InChI is InChI=1S/C16H16ClFN4O2S/c1-7(2)15-20-21(6-14(23)19-9-3-8(9)18)16(24)11-4-12-10(22(11)15)5-13(17)25-12/h4-5,7-9H,3,6H2,1-2H3,(H,19,23)/t8-,9+/m0/s1. The van der Waals surface area contributed by atoms with Crippen LogP contribution in [0.1, 0.15) is 32.0 Å². The number of thiophene rings is 1. The van der Waals surface area contributed by atoms with Crippen LogP contribution < -0.4 is 10.9 Å². The molecule has 1 saturated carbocycles. The molecule has 1 aliphatic rings. The van der Waals surface area contributed by atoms with Crippen LogP contribution in [0, 0.1) is 0 Å². The summed E-state index contributed by atoms with van der Waals surface area (Å²) < 4.78 is 17.4. The number of aromatic nitrogens is 3. The van der Waals surface area contributed by atoms with E-state index in [0.717, 1.165) is 14.9 Å². The van der Waals surface area contributed by atoms with Gasteiger partial charge in [0.05, 0.1) is 20.6 Å². The van der Waals surface area contributed by atoms with Gasteiger partial charge in [-0.1, -0.05) is 25.4 Å². The average molecular weight is 383 g/mol. The highest BCUT2D eigenvalue weighted by Crippen LogP contribution is 2.32. The molecule has 0 aliphatic heterocycles. The average Bonchev–Trinajstić information content (AvgIpc) is 2.92. The molecule has 4 rings (SSSR count). The van der Waals surface area contributed by atoms with Crippen LogP contribution in [0.25, 0.3) is 15.7 Å². The smallest absolute Gasteiger partial charge is 0.291 e. The summed E-state index contributed by atoms with van der Waals surface area (Å²) in [4.78, 5) is 24.8. The van der Waals surface area contributed by atoms with Crippen LogP contribution in [0.4, 0.5) is 4.39 Å². The van der Waals surface area contributed by atoms with Crippen molar-refractivity contribution in [3.63, 3.8) is 0 Å². The number of halogens is 2. The summed E-state index contributed by atoms with van der Waals surface area (Å²) in [5, 5.41) is 6.96. The van der Waals surface area contributed by atoms with Crippen molar-refractivity contribution in [3.8, 4) is 0 Å². The number of amides is 1. The maximum Gasteiger partial charge on any atom is 0.291 e. The van der Waals surface area contributed by atoms with Crippen molar-refractivity contribution in [3.05, 3.63) is 32.6 Å². The molecule has 0 unspecified atom stereocenters. The van der Waals surface area contributed by atoms with Crippen LogP contribution in [0.5, 0.6) is 0 Å². The maximum absolute atomic E-state index is 12.9. The van der Waals surface area contributed by atoms with Crippen LogP contribution in [-0.2, 0) is 11.3 Å². The molecular weight excluding hydrogens is 367 g/mol. The fourth-order valence-electron chi connectivity index (χ4n) is 2.89. The largest absolute Gasteiger partial charge is 0.349 e. The number of nitrogens with one attached hydrogen (secondary N) is 1. The molecule has 0 aromatic carbocycles. The number of carbonyl (C=O) groups is 1. The van der Waals surface area contributed by atoms with E-state index in [9.17, 15) is 14.0 Å². The number of hydrogen-bond donors (Lipinski definition) is 1. The van der Waals surface area contributed by atoms with Gasteiger partial charge in [-0.05, 0) is 12.1 Å². The third kappa shape index (κ3) is 2.83. The number of nitrogens with zero attached hydrogens (tertiary/aromatic N) is 3. The molecule has 132 valence electrons. The molecule has 25 heavy (non-hydrogen) atoms. The van der Waals surface area contributed by atoms with E-state index in [0.29, 0.717) is 22.1 Å². The van der Waals surface area contributed by atoms with E-state index in [1.54, 1.807) is 10.5 Å². The third-order valence-corrected chi connectivity index (χ3v) is 5.43. The Morgan fingerprint density at radius 2 is 2.20 bits per heavy atom. The molecule has 0 spiro atoms. The van der Waals surface area contributed by atoms with Gasteiger partial charge in [-0.15, -0.1) is 11.3 Å². The normalized spacial score (nSPS) is 19.9. The van der Waals surface area contributed by atoms with Crippen LogP contribution in [0.2, 0.25) is 4.34 Å². The van der Waals surface area contributed by atoms with E-state index < -0.39 is 18.1 Å². The molecule has 6 nitrogen and oxygen atoms in total. The third-order valence-electron chi connectivity index (χ3n) is 4.23. The minimum atomic E-state index is -0.982. The lowest BCUT2D eigenvalue weighted by molar-refractivity contribution is -0.122. The minimum absolute atomic E-state index is 0.0327. The van der Waals surface area contributed by atoms with Crippen molar-refractivity contribution in [2.75, 3.05) is 0 Å². The Balaban J connectivity index is 1.81.